The average molecular weight is 181 g/mol. The highest BCUT2D eigenvalue weighted by Gasteiger charge is 2.38. The van der Waals surface area contributed by atoms with Crippen molar-refractivity contribution in [1.29, 1.82) is 5.26 Å². The fraction of sp³-hybridized carbons (Fsp3) is 0.800. The van der Waals surface area contributed by atoms with Gasteiger partial charge < -0.3 is 5.11 Å². The molecular weight excluding hydrogens is 166 g/mol. The summed E-state index contributed by atoms with van der Waals surface area (Å²) in [6.07, 6.45) is 2.25. The van der Waals surface area contributed by atoms with E-state index < -0.39 is 11.9 Å². The maximum Gasteiger partial charge on any atom is 0.307 e. The van der Waals surface area contributed by atoms with Crippen LogP contribution >= 0.6 is 0 Å². The Hall–Kier alpha value is -1.04. The minimum Gasteiger partial charge on any atom is -0.481 e. The van der Waals surface area contributed by atoms with Crippen LogP contribution < -0.4 is 0 Å². The molecule has 2 unspecified atom stereocenters. The van der Waals surface area contributed by atoms with E-state index in [0.29, 0.717) is 12.8 Å². The highest BCUT2D eigenvalue weighted by molar-refractivity contribution is 5.71. The molecule has 0 saturated heterocycles. The molecule has 0 bridgehead atoms. The molecule has 0 aromatic rings. The molecule has 0 aromatic carbocycles. The van der Waals surface area contributed by atoms with E-state index in [1.54, 1.807) is 0 Å². The Kier molecular flexibility index (Phi) is 2.60. The highest BCUT2D eigenvalue weighted by Crippen LogP contribution is 2.41. The van der Waals surface area contributed by atoms with Gasteiger partial charge in [-0.2, -0.15) is 5.26 Å². The summed E-state index contributed by atoms with van der Waals surface area (Å²) in [7, 11) is 0. The molecule has 0 aromatic heterocycles. The molecule has 13 heavy (non-hydrogen) atoms. The Bertz CT molecular complexity index is 252. The fourth-order valence-electron chi connectivity index (χ4n) is 2.02. The molecule has 0 amide bonds. The van der Waals surface area contributed by atoms with E-state index in [1.807, 2.05) is 0 Å². The van der Waals surface area contributed by atoms with Crippen LogP contribution in [0.25, 0.3) is 0 Å². The van der Waals surface area contributed by atoms with Crippen LogP contribution in [0.1, 0.15) is 33.1 Å². The van der Waals surface area contributed by atoms with Gasteiger partial charge in [-0.15, -0.1) is 0 Å². The van der Waals surface area contributed by atoms with E-state index in [0.717, 1.165) is 6.42 Å². The minimum absolute atomic E-state index is 0.131. The summed E-state index contributed by atoms with van der Waals surface area (Å²) in [6.45, 7) is 4.19. The van der Waals surface area contributed by atoms with Gasteiger partial charge in [-0.3, -0.25) is 4.79 Å². The van der Waals surface area contributed by atoms with Crippen molar-refractivity contribution in [3.63, 3.8) is 0 Å². The van der Waals surface area contributed by atoms with Gasteiger partial charge in [-0.05, 0) is 24.7 Å². The summed E-state index contributed by atoms with van der Waals surface area (Å²) < 4.78 is 0. The first-order valence-corrected chi connectivity index (χ1v) is 4.59. The minimum atomic E-state index is -0.818. The molecule has 1 fully saturated rings. The topological polar surface area (TPSA) is 61.1 Å². The number of nitriles is 1. The van der Waals surface area contributed by atoms with Crippen LogP contribution in [0.4, 0.5) is 0 Å². The lowest BCUT2D eigenvalue weighted by Gasteiger charge is -2.35. The predicted octanol–water partition coefficient (Wildman–Crippen LogP) is 2.04. The average Bonchev–Trinajstić information content (AvgIpc) is 2.01. The van der Waals surface area contributed by atoms with Gasteiger partial charge in [0.25, 0.3) is 0 Å². The zero-order valence-corrected chi connectivity index (χ0v) is 8.08. The van der Waals surface area contributed by atoms with Gasteiger partial charge in [0.1, 0.15) is 0 Å². The maximum atomic E-state index is 10.8. The number of hydrogen-bond donors (Lipinski definition) is 1. The zero-order valence-electron chi connectivity index (χ0n) is 8.08. The first kappa shape index (κ1) is 10.0. The predicted molar refractivity (Wildman–Crippen MR) is 47.9 cm³/mol. The Morgan fingerprint density at radius 1 is 1.62 bits per heavy atom. The van der Waals surface area contributed by atoms with E-state index >= 15 is 0 Å². The zero-order chi connectivity index (χ0) is 10.1. The molecule has 1 aliphatic carbocycles. The van der Waals surface area contributed by atoms with Crippen molar-refractivity contribution in [1.82, 2.24) is 0 Å². The first-order valence-electron chi connectivity index (χ1n) is 4.59. The SMILES string of the molecule is CC1(C)CCC(C(=O)O)C(C#N)C1. The smallest absolute Gasteiger partial charge is 0.307 e. The summed E-state index contributed by atoms with van der Waals surface area (Å²) >= 11 is 0. The van der Waals surface area contributed by atoms with E-state index in [-0.39, 0.29) is 11.3 Å². The van der Waals surface area contributed by atoms with Crippen LogP contribution in [-0.4, -0.2) is 11.1 Å². The van der Waals surface area contributed by atoms with Crippen molar-refractivity contribution in [2.75, 3.05) is 0 Å². The van der Waals surface area contributed by atoms with Crippen molar-refractivity contribution in [2.45, 2.75) is 33.1 Å². The molecule has 1 saturated carbocycles. The molecule has 1 rings (SSSR count). The lowest BCUT2D eigenvalue weighted by Crippen LogP contribution is -2.33. The quantitative estimate of drug-likeness (QED) is 0.673. The number of rotatable bonds is 1. The van der Waals surface area contributed by atoms with Crippen LogP contribution in [0.3, 0.4) is 0 Å². The molecule has 0 aliphatic heterocycles. The number of hydrogen-bond acceptors (Lipinski definition) is 2. The summed E-state index contributed by atoms with van der Waals surface area (Å²) in [4.78, 5) is 10.8. The number of carboxylic acids is 1. The molecule has 0 radical (unpaired) electrons. The maximum absolute atomic E-state index is 10.8. The van der Waals surface area contributed by atoms with Crippen molar-refractivity contribution >= 4 is 5.97 Å². The second-order valence-corrected chi connectivity index (χ2v) is 4.59. The molecular formula is C10H15NO2. The van der Waals surface area contributed by atoms with Crippen LogP contribution in [0.2, 0.25) is 0 Å². The standard InChI is InChI=1S/C10H15NO2/c1-10(2)4-3-8(9(12)13)7(5-10)6-11/h7-8H,3-5H2,1-2H3,(H,12,13). The lowest BCUT2D eigenvalue weighted by molar-refractivity contribution is -0.145. The molecule has 0 spiro atoms. The summed E-state index contributed by atoms with van der Waals surface area (Å²) in [5.74, 6) is -1.57. The van der Waals surface area contributed by atoms with Gasteiger partial charge in [0.2, 0.25) is 0 Å². The van der Waals surface area contributed by atoms with Gasteiger partial charge >= 0.3 is 5.97 Å². The molecule has 72 valence electrons. The van der Waals surface area contributed by atoms with Gasteiger partial charge in [0.15, 0.2) is 0 Å². The largest absolute Gasteiger partial charge is 0.481 e. The van der Waals surface area contributed by atoms with E-state index in [2.05, 4.69) is 19.9 Å². The third kappa shape index (κ3) is 2.21. The summed E-state index contributed by atoms with van der Waals surface area (Å²) in [6, 6.07) is 2.11. The second kappa shape index (κ2) is 3.37. The number of nitrogens with zero attached hydrogens (tertiary/aromatic N) is 1. The Labute approximate surface area is 78.4 Å². The Morgan fingerprint density at radius 2 is 2.23 bits per heavy atom. The third-order valence-corrected chi connectivity index (χ3v) is 2.87. The Balaban J connectivity index is 2.73. The Morgan fingerprint density at radius 3 is 2.69 bits per heavy atom. The molecule has 1 N–H and O–H groups in total. The van der Waals surface area contributed by atoms with Crippen LogP contribution in [0, 0.1) is 28.6 Å². The molecule has 2 atom stereocenters. The number of carbonyl (C=O) groups is 1. The molecule has 3 nitrogen and oxygen atoms in total. The third-order valence-electron chi connectivity index (χ3n) is 2.87. The summed E-state index contributed by atoms with van der Waals surface area (Å²) in [5, 5.41) is 17.7. The van der Waals surface area contributed by atoms with Crippen molar-refractivity contribution in [3.8, 4) is 6.07 Å². The van der Waals surface area contributed by atoms with Gasteiger partial charge in [0, 0.05) is 0 Å². The van der Waals surface area contributed by atoms with E-state index in [9.17, 15) is 4.79 Å². The van der Waals surface area contributed by atoms with Gasteiger partial charge in [0.05, 0.1) is 17.9 Å². The van der Waals surface area contributed by atoms with Crippen LogP contribution in [-0.2, 0) is 4.79 Å². The number of carboxylic acid groups (broad SMARTS) is 1. The normalized spacial score (nSPS) is 32.1. The summed E-state index contributed by atoms with van der Waals surface area (Å²) in [5.41, 5.74) is 0.131. The number of aliphatic carboxylic acids is 1. The van der Waals surface area contributed by atoms with E-state index in [4.69, 9.17) is 10.4 Å². The monoisotopic (exact) mass is 181 g/mol. The van der Waals surface area contributed by atoms with Crippen LogP contribution in [0.5, 0.6) is 0 Å². The molecule has 0 heterocycles. The molecule has 1 aliphatic rings. The van der Waals surface area contributed by atoms with Crippen molar-refractivity contribution < 1.29 is 9.90 Å². The fourth-order valence-corrected chi connectivity index (χ4v) is 2.02. The first-order chi connectivity index (χ1) is 5.96. The lowest BCUT2D eigenvalue weighted by atomic mass is 9.68. The van der Waals surface area contributed by atoms with Crippen molar-refractivity contribution in [3.05, 3.63) is 0 Å². The van der Waals surface area contributed by atoms with E-state index in [1.165, 1.54) is 0 Å². The van der Waals surface area contributed by atoms with Crippen LogP contribution in [0.15, 0.2) is 0 Å². The molecule has 3 heteroatoms. The van der Waals surface area contributed by atoms with Gasteiger partial charge in [-0.25, -0.2) is 0 Å². The van der Waals surface area contributed by atoms with Crippen molar-refractivity contribution in [2.24, 2.45) is 17.3 Å². The second-order valence-electron chi connectivity index (χ2n) is 4.59. The van der Waals surface area contributed by atoms with Gasteiger partial charge in [-0.1, -0.05) is 13.8 Å². The highest BCUT2D eigenvalue weighted by atomic mass is 16.4.